The van der Waals surface area contributed by atoms with Crippen molar-refractivity contribution in [1.82, 2.24) is 19.9 Å². The molecular weight excluding hydrogens is 292 g/mol. The highest BCUT2D eigenvalue weighted by atomic mass is 16.5. The molecule has 1 aromatic carbocycles. The summed E-state index contributed by atoms with van der Waals surface area (Å²) in [7, 11) is 0. The van der Waals surface area contributed by atoms with Crippen LogP contribution in [0.25, 0.3) is 11.0 Å². The van der Waals surface area contributed by atoms with Crippen molar-refractivity contribution in [3.05, 3.63) is 24.3 Å². The van der Waals surface area contributed by atoms with Crippen LogP contribution in [0.1, 0.15) is 25.7 Å². The summed E-state index contributed by atoms with van der Waals surface area (Å²) in [4.78, 5) is 14.2. The van der Waals surface area contributed by atoms with Gasteiger partial charge < -0.3 is 9.64 Å². The van der Waals surface area contributed by atoms with Crippen LogP contribution < -0.4 is 0 Å². The third-order valence-corrected chi connectivity index (χ3v) is 5.15. The van der Waals surface area contributed by atoms with E-state index >= 15 is 0 Å². The highest BCUT2D eigenvalue weighted by Gasteiger charge is 2.41. The normalized spacial score (nSPS) is 24.9. The standard InChI is InChI=1S/C17H22N4O2/c22-16-6-7-17(8-11-23-13-17)12-20(16)9-3-10-21-15-5-2-1-4-14(15)18-19-21/h1-2,4-5H,3,6-13H2/t17-/m0/s1. The average molecular weight is 314 g/mol. The van der Waals surface area contributed by atoms with Gasteiger partial charge >= 0.3 is 0 Å². The Morgan fingerprint density at radius 1 is 1.22 bits per heavy atom. The Balaban J connectivity index is 1.37. The number of likely N-dealkylation sites (tertiary alicyclic amines) is 1. The summed E-state index contributed by atoms with van der Waals surface area (Å²) < 4.78 is 7.50. The van der Waals surface area contributed by atoms with Crippen LogP contribution in [0, 0.1) is 5.41 Å². The average Bonchev–Trinajstić information content (AvgIpc) is 3.19. The molecule has 4 rings (SSSR count). The molecule has 1 atom stereocenters. The van der Waals surface area contributed by atoms with Gasteiger partial charge in [-0.05, 0) is 31.4 Å². The number of piperidine rings is 1. The van der Waals surface area contributed by atoms with Gasteiger partial charge in [0, 0.05) is 38.1 Å². The number of benzene rings is 1. The molecule has 0 aliphatic carbocycles. The van der Waals surface area contributed by atoms with E-state index in [1.807, 2.05) is 33.8 Å². The minimum atomic E-state index is 0.216. The first-order valence-corrected chi connectivity index (χ1v) is 8.40. The Labute approximate surface area is 135 Å². The highest BCUT2D eigenvalue weighted by molar-refractivity contribution is 5.77. The Bertz CT molecular complexity index is 705. The van der Waals surface area contributed by atoms with Gasteiger partial charge in [0.05, 0.1) is 12.1 Å². The lowest BCUT2D eigenvalue weighted by atomic mass is 9.79. The van der Waals surface area contributed by atoms with Crippen molar-refractivity contribution in [1.29, 1.82) is 0 Å². The minimum absolute atomic E-state index is 0.216. The number of aryl methyl sites for hydroxylation is 1. The molecule has 0 bridgehead atoms. The smallest absolute Gasteiger partial charge is 0.222 e. The third kappa shape index (κ3) is 2.83. The highest BCUT2D eigenvalue weighted by Crippen LogP contribution is 2.38. The number of hydrogen-bond donors (Lipinski definition) is 0. The largest absolute Gasteiger partial charge is 0.381 e. The molecule has 2 aromatic rings. The molecule has 0 radical (unpaired) electrons. The van der Waals surface area contributed by atoms with Crippen LogP contribution in [-0.4, -0.2) is 52.1 Å². The predicted molar refractivity (Wildman–Crippen MR) is 85.8 cm³/mol. The number of aromatic nitrogens is 3. The summed E-state index contributed by atoms with van der Waals surface area (Å²) in [5.74, 6) is 0.283. The summed E-state index contributed by atoms with van der Waals surface area (Å²) in [6.45, 7) is 4.07. The van der Waals surface area contributed by atoms with Crippen LogP contribution in [0.2, 0.25) is 0 Å². The van der Waals surface area contributed by atoms with Crippen LogP contribution in [0.4, 0.5) is 0 Å². The number of para-hydroxylation sites is 1. The van der Waals surface area contributed by atoms with E-state index in [4.69, 9.17) is 4.74 Å². The molecule has 6 nitrogen and oxygen atoms in total. The Kier molecular flexibility index (Phi) is 3.77. The molecule has 1 aromatic heterocycles. The van der Waals surface area contributed by atoms with Crippen molar-refractivity contribution in [3.8, 4) is 0 Å². The lowest BCUT2D eigenvalue weighted by molar-refractivity contribution is -0.137. The van der Waals surface area contributed by atoms with Gasteiger partial charge in [-0.25, -0.2) is 4.68 Å². The Morgan fingerprint density at radius 2 is 2.13 bits per heavy atom. The van der Waals surface area contributed by atoms with Crippen molar-refractivity contribution in [2.75, 3.05) is 26.3 Å². The summed E-state index contributed by atoms with van der Waals surface area (Å²) in [5.41, 5.74) is 2.19. The molecular formula is C17H22N4O2. The van der Waals surface area contributed by atoms with E-state index in [-0.39, 0.29) is 11.3 Å². The van der Waals surface area contributed by atoms with Gasteiger partial charge in [-0.2, -0.15) is 0 Å². The van der Waals surface area contributed by atoms with Gasteiger partial charge in [0.25, 0.3) is 0 Å². The number of amides is 1. The zero-order valence-corrected chi connectivity index (χ0v) is 13.3. The monoisotopic (exact) mass is 314 g/mol. The van der Waals surface area contributed by atoms with Crippen molar-refractivity contribution >= 4 is 16.9 Å². The SMILES string of the molecule is O=C1CC[C@]2(CCOC2)CN1CCCn1nnc2ccccc21. The second-order valence-electron chi connectivity index (χ2n) is 6.77. The molecule has 2 fully saturated rings. The number of carbonyl (C=O) groups excluding carboxylic acids is 1. The van der Waals surface area contributed by atoms with Crippen molar-refractivity contribution in [2.45, 2.75) is 32.2 Å². The fourth-order valence-electron chi connectivity index (χ4n) is 3.77. The van der Waals surface area contributed by atoms with Gasteiger partial charge in [0.1, 0.15) is 5.52 Å². The quantitative estimate of drug-likeness (QED) is 0.864. The van der Waals surface area contributed by atoms with Gasteiger partial charge in [0.2, 0.25) is 5.91 Å². The molecule has 2 aliphatic rings. The number of nitrogens with zero attached hydrogens (tertiary/aromatic N) is 4. The molecule has 0 saturated carbocycles. The first-order chi connectivity index (χ1) is 11.3. The molecule has 1 amide bonds. The van der Waals surface area contributed by atoms with E-state index in [0.717, 1.165) is 63.1 Å². The molecule has 23 heavy (non-hydrogen) atoms. The maximum Gasteiger partial charge on any atom is 0.222 e. The zero-order chi connectivity index (χ0) is 15.7. The molecule has 122 valence electrons. The van der Waals surface area contributed by atoms with Crippen molar-refractivity contribution in [3.63, 3.8) is 0 Å². The first kappa shape index (κ1) is 14.6. The van der Waals surface area contributed by atoms with Crippen LogP contribution >= 0.6 is 0 Å². The maximum absolute atomic E-state index is 12.2. The van der Waals surface area contributed by atoms with Crippen molar-refractivity contribution < 1.29 is 9.53 Å². The number of carbonyl (C=O) groups is 1. The van der Waals surface area contributed by atoms with Gasteiger partial charge in [-0.3, -0.25) is 4.79 Å². The molecule has 2 saturated heterocycles. The van der Waals surface area contributed by atoms with Gasteiger partial charge in [-0.15, -0.1) is 5.10 Å². The molecule has 0 unspecified atom stereocenters. The van der Waals surface area contributed by atoms with Gasteiger partial charge in [-0.1, -0.05) is 17.3 Å². The van der Waals surface area contributed by atoms with Crippen LogP contribution in [0.15, 0.2) is 24.3 Å². The van der Waals surface area contributed by atoms with E-state index in [1.54, 1.807) is 0 Å². The van der Waals surface area contributed by atoms with E-state index in [0.29, 0.717) is 6.42 Å². The molecule has 6 heteroatoms. The fourth-order valence-corrected chi connectivity index (χ4v) is 3.77. The molecule has 0 N–H and O–H groups in total. The number of fused-ring (bicyclic) bond motifs is 1. The van der Waals surface area contributed by atoms with E-state index < -0.39 is 0 Å². The predicted octanol–water partition coefficient (Wildman–Crippen LogP) is 1.85. The number of rotatable bonds is 4. The minimum Gasteiger partial charge on any atom is -0.381 e. The molecule has 1 spiro atoms. The second kappa shape index (κ2) is 5.92. The van der Waals surface area contributed by atoms with Crippen LogP contribution in [0.5, 0.6) is 0 Å². The summed E-state index contributed by atoms with van der Waals surface area (Å²) in [5, 5.41) is 8.38. The topological polar surface area (TPSA) is 60.2 Å². The number of ether oxygens (including phenoxy) is 1. The van der Waals surface area contributed by atoms with Crippen LogP contribution in [-0.2, 0) is 16.1 Å². The lowest BCUT2D eigenvalue weighted by Crippen LogP contribution is -2.47. The van der Waals surface area contributed by atoms with Gasteiger partial charge in [0.15, 0.2) is 0 Å². The van der Waals surface area contributed by atoms with E-state index in [1.165, 1.54) is 0 Å². The molecule has 3 heterocycles. The second-order valence-corrected chi connectivity index (χ2v) is 6.77. The summed E-state index contributed by atoms with van der Waals surface area (Å²) >= 11 is 0. The fraction of sp³-hybridized carbons (Fsp3) is 0.588. The first-order valence-electron chi connectivity index (χ1n) is 8.40. The van der Waals surface area contributed by atoms with E-state index in [2.05, 4.69) is 10.3 Å². The van der Waals surface area contributed by atoms with E-state index in [9.17, 15) is 4.79 Å². The van der Waals surface area contributed by atoms with Crippen molar-refractivity contribution in [2.24, 2.45) is 5.41 Å². The Hall–Kier alpha value is -1.95. The summed E-state index contributed by atoms with van der Waals surface area (Å²) in [6, 6.07) is 7.97. The third-order valence-electron chi connectivity index (χ3n) is 5.15. The maximum atomic E-state index is 12.2. The summed E-state index contributed by atoms with van der Waals surface area (Å²) in [6.07, 6.45) is 3.63. The van der Waals surface area contributed by atoms with Crippen LogP contribution in [0.3, 0.4) is 0 Å². The number of hydrogen-bond acceptors (Lipinski definition) is 4. The lowest BCUT2D eigenvalue weighted by Gasteiger charge is -2.39. The Morgan fingerprint density at radius 3 is 3.00 bits per heavy atom. The molecule has 2 aliphatic heterocycles. The zero-order valence-electron chi connectivity index (χ0n) is 13.3.